The molecule has 0 amide bonds. The summed E-state index contributed by atoms with van der Waals surface area (Å²) in [5.41, 5.74) is 1.22. The van der Waals surface area contributed by atoms with Gasteiger partial charge in [0.15, 0.2) is 0 Å². The molecule has 0 spiro atoms. The Kier molecular flexibility index (Phi) is 5.05. The van der Waals surface area contributed by atoms with Gasteiger partial charge in [0.25, 0.3) is 0 Å². The minimum absolute atomic E-state index is 0.234. The molecule has 3 rings (SSSR count). The van der Waals surface area contributed by atoms with Crippen LogP contribution in [-0.4, -0.2) is 51.9 Å². The van der Waals surface area contributed by atoms with E-state index in [0.717, 1.165) is 12.8 Å². The van der Waals surface area contributed by atoms with E-state index in [2.05, 4.69) is 15.3 Å². The van der Waals surface area contributed by atoms with E-state index >= 15 is 0 Å². The standard InChI is InChI=1S/C16H23N5O3S/c1-4-21-13(3)16(12(2)19-21)25(22,23)20-10-6-7-14(11-20)24-15-8-5-9-17-18-15/h5,8-9,14H,4,6-7,10-11H2,1-3H3/t14-/m1/s1. The van der Waals surface area contributed by atoms with Gasteiger partial charge in [-0.1, -0.05) is 0 Å². The van der Waals surface area contributed by atoms with E-state index in [4.69, 9.17) is 4.74 Å². The molecule has 1 aliphatic rings. The highest BCUT2D eigenvalue weighted by atomic mass is 32.2. The number of hydrogen-bond donors (Lipinski definition) is 0. The van der Waals surface area contributed by atoms with Gasteiger partial charge in [0.05, 0.1) is 17.9 Å². The van der Waals surface area contributed by atoms with E-state index < -0.39 is 10.0 Å². The van der Waals surface area contributed by atoms with Crippen molar-refractivity contribution in [2.45, 2.75) is 51.2 Å². The van der Waals surface area contributed by atoms with Gasteiger partial charge in [-0.3, -0.25) is 4.68 Å². The van der Waals surface area contributed by atoms with Crippen LogP contribution in [0.25, 0.3) is 0 Å². The van der Waals surface area contributed by atoms with E-state index in [1.165, 1.54) is 4.31 Å². The number of ether oxygens (including phenoxy) is 1. The molecule has 8 nitrogen and oxygen atoms in total. The second-order valence-corrected chi connectivity index (χ2v) is 8.00. The van der Waals surface area contributed by atoms with Gasteiger partial charge in [0.2, 0.25) is 15.9 Å². The fourth-order valence-corrected chi connectivity index (χ4v) is 5.11. The highest BCUT2D eigenvalue weighted by Crippen LogP contribution is 2.27. The van der Waals surface area contributed by atoms with Crippen LogP contribution in [0.15, 0.2) is 23.2 Å². The molecule has 1 saturated heterocycles. The fourth-order valence-electron chi connectivity index (χ4n) is 3.23. The minimum Gasteiger partial charge on any atom is -0.472 e. The van der Waals surface area contributed by atoms with Crippen LogP contribution in [0, 0.1) is 13.8 Å². The Bertz CT molecular complexity index is 835. The van der Waals surface area contributed by atoms with Crippen molar-refractivity contribution in [3.05, 3.63) is 29.7 Å². The number of rotatable bonds is 5. The largest absolute Gasteiger partial charge is 0.472 e. The maximum Gasteiger partial charge on any atom is 0.246 e. The molecule has 0 saturated carbocycles. The van der Waals surface area contributed by atoms with Crippen LogP contribution in [0.4, 0.5) is 0 Å². The van der Waals surface area contributed by atoms with Crippen LogP contribution in [0.3, 0.4) is 0 Å². The summed E-state index contributed by atoms with van der Waals surface area (Å²) in [7, 11) is -3.60. The van der Waals surface area contributed by atoms with Crippen LogP contribution >= 0.6 is 0 Å². The summed E-state index contributed by atoms with van der Waals surface area (Å²) in [5.74, 6) is 0.415. The van der Waals surface area contributed by atoms with Gasteiger partial charge in [0.1, 0.15) is 11.0 Å². The van der Waals surface area contributed by atoms with Crippen molar-refractivity contribution in [2.75, 3.05) is 13.1 Å². The summed E-state index contributed by atoms with van der Waals surface area (Å²) >= 11 is 0. The quantitative estimate of drug-likeness (QED) is 0.798. The van der Waals surface area contributed by atoms with Crippen LogP contribution in [0.5, 0.6) is 5.88 Å². The first-order valence-corrected chi connectivity index (χ1v) is 9.86. The van der Waals surface area contributed by atoms with Gasteiger partial charge in [-0.2, -0.15) is 14.5 Å². The molecule has 0 radical (unpaired) electrons. The Morgan fingerprint density at radius 3 is 2.80 bits per heavy atom. The molecule has 0 bridgehead atoms. The topological polar surface area (TPSA) is 90.2 Å². The molecule has 1 aliphatic heterocycles. The zero-order chi connectivity index (χ0) is 18.0. The fraction of sp³-hybridized carbons (Fsp3) is 0.562. The van der Waals surface area contributed by atoms with Crippen LogP contribution < -0.4 is 4.74 Å². The highest BCUT2D eigenvalue weighted by molar-refractivity contribution is 7.89. The number of nitrogens with zero attached hydrogens (tertiary/aromatic N) is 5. The number of aryl methyl sites for hydroxylation is 2. The third-order valence-corrected chi connectivity index (χ3v) is 6.51. The van der Waals surface area contributed by atoms with Gasteiger partial charge in [0, 0.05) is 25.4 Å². The smallest absolute Gasteiger partial charge is 0.246 e. The van der Waals surface area contributed by atoms with Gasteiger partial charge in [-0.05, 0) is 39.7 Å². The number of sulfonamides is 1. The van der Waals surface area contributed by atoms with E-state index in [1.54, 1.807) is 36.9 Å². The summed E-state index contributed by atoms with van der Waals surface area (Å²) in [6, 6.07) is 3.46. The first-order valence-electron chi connectivity index (χ1n) is 8.42. The molecule has 2 aromatic rings. The SMILES string of the molecule is CCn1nc(C)c(S(=O)(=O)N2CCC[C@@H](Oc3cccnn3)C2)c1C. The van der Waals surface area contributed by atoms with Crippen molar-refractivity contribution in [3.8, 4) is 5.88 Å². The van der Waals surface area contributed by atoms with Crippen LogP contribution in [-0.2, 0) is 16.6 Å². The number of hydrogen-bond acceptors (Lipinski definition) is 6. The van der Waals surface area contributed by atoms with Crippen molar-refractivity contribution < 1.29 is 13.2 Å². The third kappa shape index (κ3) is 3.52. The minimum atomic E-state index is -3.60. The van der Waals surface area contributed by atoms with E-state index in [-0.39, 0.29) is 6.10 Å². The Balaban J connectivity index is 1.82. The van der Waals surface area contributed by atoms with Gasteiger partial charge < -0.3 is 4.74 Å². The lowest BCUT2D eigenvalue weighted by Gasteiger charge is -2.31. The molecule has 0 N–H and O–H groups in total. The molecule has 3 heterocycles. The number of piperidine rings is 1. The van der Waals surface area contributed by atoms with E-state index in [9.17, 15) is 8.42 Å². The highest BCUT2D eigenvalue weighted by Gasteiger charge is 2.35. The first kappa shape index (κ1) is 17.8. The van der Waals surface area contributed by atoms with Crippen molar-refractivity contribution in [2.24, 2.45) is 0 Å². The average molecular weight is 365 g/mol. The lowest BCUT2D eigenvalue weighted by molar-refractivity contribution is 0.123. The maximum atomic E-state index is 13.1. The van der Waals surface area contributed by atoms with E-state index in [1.807, 2.05) is 6.92 Å². The lowest BCUT2D eigenvalue weighted by Crippen LogP contribution is -2.44. The summed E-state index contributed by atoms with van der Waals surface area (Å²) in [6.45, 7) is 6.91. The zero-order valence-corrected chi connectivity index (χ0v) is 15.5. The summed E-state index contributed by atoms with van der Waals surface area (Å²) in [4.78, 5) is 0.314. The molecular formula is C16H23N5O3S. The Morgan fingerprint density at radius 1 is 1.36 bits per heavy atom. The van der Waals surface area contributed by atoms with Crippen LogP contribution in [0.1, 0.15) is 31.2 Å². The second-order valence-electron chi connectivity index (χ2n) is 6.12. The van der Waals surface area contributed by atoms with Crippen LogP contribution in [0.2, 0.25) is 0 Å². The van der Waals surface area contributed by atoms with Crippen molar-refractivity contribution in [3.63, 3.8) is 0 Å². The van der Waals surface area contributed by atoms with Gasteiger partial charge in [-0.15, -0.1) is 5.10 Å². The molecule has 0 aromatic carbocycles. The molecule has 136 valence electrons. The summed E-state index contributed by atoms with van der Waals surface area (Å²) in [5, 5.41) is 12.0. The molecule has 25 heavy (non-hydrogen) atoms. The predicted molar refractivity (Wildman–Crippen MR) is 91.8 cm³/mol. The van der Waals surface area contributed by atoms with Gasteiger partial charge in [-0.25, -0.2) is 8.42 Å². The first-order chi connectivity index (χ1) is 11.9. The zero-order valence-electron chi connectivity index (χ0n) is 14.7. The lowest BCUT2D eigenvalue weighted by atomic mass is 10.1. The van der Waals surface area contributed by atoms with Crippen molar-refractivity contribution in [1.29, 1.82) is 0 Å². The molecule has 1 atom stereocenters. The summed E-state index contributed by atoms with van der Waals surface area (Å²) < 4.78 is 35.3. The average Bonchev–Trinajstić information content (AvgIpc) is 2.90. The number of aromatic nitrogens is 4. The third-order valence-electron chi connectivity index (χ3n) is 4.39. The predicted octanol–water partition coefficient (Wildman–Crippen LogP) is 1.54. The molecule has 0 aliphatic carbocycles. The normalized spacial score (nSPS) is 19.1. The maximum absolute atomic E-state index is 13.1. The molecule has 2 aromatic heterocycles. The molecule has 0 unspecified atom stereocenters. The van der Waals surface area contributed by atoms with Gasteiger partial charge >= 0.3 is 0 Å². The van der Waals surface area contributed by atoms with Crippen molar-refractivity contribution in [1.82, 2.24) is 24.3 Å². The van der Waals surface area contributed by atoms with Crippen molar-refractivity contribution >= 4 is 10.0 Å². The Hall–Kier alpha value is -2.00. The second kappa shape index (κ2) is 7.09. The Labute approximate surface area is 147 Å². The monoisotopic (exact) mass is 365 g/mol. The van der Waals surface area contributed by atoms with E-state index in [0.29, 0.717) is 41.8 Å². The molecule has 1 fully saturated rings. The summed E-state index contributed by atoms with van der Waals surface area (Å²) in [6.07, 6.45) is 2.86. The molecular weight excluding hydrogens is 342 g/mol. The molecule has 9 heteroatoms. The Morgan fingerprint density at radius 2 is 2.16 bits per heavy atom.